The number of fused-ring (bicyclic) bond motifs is 3. The zero-order valence-corrected chi connectivity index (χ0v) is 35.6. The van der Waals surface area contributed by atoms with Crippen LogP contribution in [-0.4, -0.2) is 168 Å². The predicted octanol–water partition coefficient (Wildman–Crippen LogP) is 4.62. The van der Waals surface area contributed by atoms with Gasteiger partial charge in [-0.25, -0.2) is 4.79 Å². The van der Waals surface area contributed by atoms with Crippen LogP contribution in [0.25, 0.3) is 11.1 Å². The van der Waals surface area contributed by atoms with Crippen LogP contribution in [0.3, 0.4) is 0 Å². The molecule has 1 amide bonds. The van der Waals surface area contributed by atoms with Crippen molar-refractivity contribution in [2.45, 2.75) is 5.92 Å². The number of ether oxygens (including phenoxy) is 11. The summed E-state index contributed by atoms with van der Waals surface area (Å²) in [7, 11) is 0. The highest BCUT2D eigenvalue weighted by molar-refractivity contribution is 5.79. The van der Waals surface area contributed by atoms with Crippen molar-refractivity contribution in [1.29, 1.82) is 0 Å². The molecule has 3 aromatic carbocycles. The first-order chi connectivity index (χ1) is 31.0. The maximum atomic E-state index is 12.3. The number of carbonyl (C=O) groups is 1. The summed E-state index contributed by atoms with van der Waals surface area (Å²) in [6, 6.07) is 19.9. The highest BCUT2D eigenvalue weighted by Gasteiger charge is 2.29. The number of alkyl carbamates (subject to hydrolysis) is 1. The normalized spacial score (nSPS) is 11.9. The third-order valence-corrected chi connectivity index (χ3v) is 9.16. The lowest BCUT2D eigenvalue weighted by Gasteiger charge is -2.14. The number of nitrogens with zero attached hydrogens (tertiary/aromatic N) is 2. The Kier molecular flexibility index (Phi) is 25.7. The Balaban J connectivity index is 0.787. The standard InChI is InChI=1S/C43H60N4O16/c48-43(63-34-40-38-7-3-1-5-36(38)37-6-2-4-8-39(37)40)45-12-14-54-16-18-56-20-22-58-24-26-60-28-30-62-32-31-61-29-27-59-25-23-57-21-19-55-17-15-53-13-11-44-41-10-9-35(46(49)50)33-42(41)47(51)52/h1-10,33,40,44H,11-32,34H2,(H,45,48). The molecular weight excluding hydrogens is 828 g/mol. The largest absolute Gasteiger partial charge is 0.449 e. The number of nitro groups is 2. The molecule has 0 saturated carbocycles. The number of amides is 1. The first kappa shape index (κ1) is 50.8. The summed E-state index contributed by atoms with van der Waals surface area (Å²) in [6.07, 6.45) is -0.465. The quantitative estimate of drug-likeness (QED) is 0.0454. The van der Waals surface area contributed by atoms with Crippen molar-refractivity contribution in [2.75, 3.05) is 157 Å². The van der Waals surface area contributed by atoms with E-state index in [0.717, 1.165) is 6.07 Å². The Morgan fingerprint density at radius 3 is 1.27 bits per heavy atom. The zero-order valence-electron chi connectivity index (χ0n) is 35.6. The van der Waals surface area contributed by atoms with Crippen LogP contribution >= 0.6 is 0 Å². The Morgan fingerprint density at radius 1 is 0.492 bits per heavy atom. The molecular formula is C43H60N4O16. The Labute approximate surface area is 366 Å². The van der Waals surface area contributed by atoms with Crippen molar-refractivity contribution in [2.24, 2.45) is 0 Å². The molecule has 0 aromatic heterocycles. The van der Waals surface area contributed by atoms with Crippen LogP contribution in [0.2, 0.25) is 0 Å². The molecule has 0 heterocycles. The van der Waals surface area contributed by atoms with Crippen LogP contribution in [0.5, 0.6) is 0 Å². The summed E-state index contributed by atoms with van der Waals surface area (Å²) >= 11 is 0. The highest BCUT2D eigenvalue weighted by Crippen LogP contribution is 2.44. The highest BCUT2D eigenvalue weighted by atomic mass is 16.6. The molecule has 0 atom stereocenters. The number of benzene rings is 3. The fraction of sp³-hybridized carbons (Fsp3) is 0.558. The van der Waals surface area contributed by atoms with Crippen molar-refractivity contribution in [3.63, 3.8) is 0 Å². The van der Waals surface area contributed by atoms with Gasteiger partial charge in [0.05, 0.1) is 148 Å². The molecule has 0 spiro atoms. The average Bonchev–Trinajstić information content (AvgIpc) is 3.61. The Hall–Kier alpha value is -4.87. The van der Waals surface area contributed by atoms with E-state index in [1.54, 1.807) is 0 Å². The molecule has 4 rings (SSSR count). The summed E-state index contributed by atoms with van der Waals surface area (Å²) in [5.41, 5.74) is 4.19. The third-order valence-electron chi connectivity index (χ3n) is 9.16. The molecule has 20 heteroatoms. The number of hydrogen-bond acceptors (Lipinski definition) is 17. The van der Waals surface area contributed by atoms with Crippen molar-refractivity contribution in [3.05, 3.63) is 98.1 Å². The van der Waals surface area contributed by atoms with Gasteiger partial charge < -0.3 is 62.7 Å². The molecule has 0 fully saturated rings. The van der Waals surface area contributed by atoms with Crippen molar-refractivity contribution in [1.82, 2.24) is 5.32 Å². The molecule has 0 radical (unpaired) electrons. The summed E-state index contributed by atoms with van der Waals surface area (Å²) in [5, 5.41) is 27.6. The number of rotatable bonds is 38. The van der Waals surface area contributed by atoms with Gasteiger partial charge in [0.25, 0.3) is 11.4 Å². The van der Waals surface area contributed by atoms with Crippen LogP contribution in [0, 0.1) is 20.2 Å². The van der Waals surface area contributed by atoms with Crippen molar-refractivity contribution >= 4 is 23.2 Å². The predicted molar refractivity (Wildman–Crippen MR) is 230 cm³/mol. The summed E-state index contributed by atoms with van der Waals surface area (Å²) in [5.74, 6) is 0.0238. The first-order valence-electron chi connectivity index (χ1n) is 21.0. The van der Waals surface area contributed by atoms with Crippen LogP contribution in [-0.2, 0) is 52.1 Å². The number of nitrogens with one attached hydrogen (secondary N) is 2. The van der Waals surface area contributed by atoms with E-state index in [9.17, 15) is 25.0 Å². The van der Waals surface area contributed by atoms with E-state index >= 15 is 0 Å². The molecule has 63 heavy (non-hydrogen) atoms. The first-order valence-corrected chi connectivity index (χ1v) is 21.0. The Morgan fingerprint density at radius 2 is 0.873 bits per heavy atom. The van der Waals surface area contributed by atoms with Gasteiger partial charge >= 0.3 is 6.09 Å². The number of nitro benzene ring substituents is 2. The lowest BCUT2D eigenvalue weighted by molar-refractivity contribution is -0.393. The lowest BCUT2D eigenvalue weighted by Crippen LogP contribution is -2.29. The van der Waals surface area contributed by atoms with Gasteiger partial charge in [-0.3, -0.25) is 20.2 Å². The van der Waals surface area contributed by atoms with Crippen molar-refractivity contribution in [3.8, 4) is 11.1 Å². The minimum absolute atomic E-state index is 0.0238. The molecule has 0 aliphatic heterocycles. The van der Waals surface area contributed by atoms with Crippen LogP contribution in [0.15, 0.2) is 66.7 Å². The van der Waals surface area contributed by atoms with E-state index in [0.29, 0.717) is 132 Å². The fourth-order valence-electron chi connectivity index (χ4n) is 6.15. The maximum Gasteiger partial charge on any atom is 0.407 e. The van der Waals surface area contributed by atoms with E-state index in [2.05, 4.69) is 34.9 Å². The molecule has 0 unspecified atom stereocenters. The van der Waals surface area contributed by atoms with Gasteiger partial charge in [-0.1, -0.05) is 48.5 Å². The van der Waals surface area contributed by atoms with Crippen LogP contribution in [0.4, 0.5) is 21.9 Å². The fourth-order valence-corrected chi connectivity index (χ4v) is 6.15. The van der Waals surface area contributed by atoms with E-state index in [-0.39, 0.29) is 42.7 Å². The molecule has 3 aromatic rings. The van der Waals surface area contributed by atoms with Gasteiger partial charge in [-0.05, 0) is 28.3 Å². The van der Waals surface area contributed by atoms with Crippen molar-refractivity contribution < 1.29 is 66.7 Å². The monoisotopic (exact) mass is 888 g/mol. The van der Waals surface area contributed by atoms with E-state index in [1.165, 1.54) is 34.4 Å². The second-order valence-corrected chi connectivity index (χ2v) is 13.5. The SMILES string of the molecule is O=C(NCCOCCOCCOCCOCCOCCOCCOCCOCCOCCOCCNc1ccc([N+](=O)[O-])cc1[N+](=O)[O-])OCC1c2ccccc2-c2ccccc21. The van der Waals surface area contributed by atoms with E-state index in [1.807, 2.05) is 24.3 Å². The second kappa shape index (κ2) is 31.9. The minimum atomic E-state index is -0.683. The van der Waals surface area contributed by atoms with Gasteiger partial charge in [-0.15, -0.1) is 0 Å². The molecule has 348 valence electrons. The molecule has 2 N–H and O–H groups in total. The van der Waals surface area contributed by atoms with Gasteiger partial charge in [-0.2, -0.15) is 0 Å². The maximum absolute atomic E-state index is 12.3. The summed E-state index contributed by atoms with van der Waals surface area (Å²) in [6.45, 7) is 9.18. The topological polar surface area (TPSA) is 229 Å². The van der Waals surface area contributed by atoms with Gasteiger partial charge in [0, 0.05) is 25.1 Å². The van der Waals surface area contributed by atoms with Gasteiger partial charge in [0.1, 0.15) is 12.3 Å². The molecule has 1 aliphatic carbocycles. The second-order valence-electron chi connectivity index (χ2n) is 13.5. The summed E-state index contributed by atoms with van der Waals surface area (Å²) in [4.78, 5) is 32.9. The smallest absolute Gasteiger partial charge is 0.407 e. The number of non-ortho nitro benzene ring substituents is 1. The third kappa shape index (κ3) is 20.5. The number of carbonyl (C=O) groups excluding carboxylic acids is 1. The average molecular weight is 889 g/mol. The molecule has 0 saturated heterocycles. The minimum Gasteiger partial charge on any atom is -0.449 e. The zero-order chi connectivity index (χ0) is 44.6. The van der Waals surface area contributed by atoms with Gasteiger partial charge in [0.15, 0.2) is 0 Å². The molecule has 20 nitrogen and oxygen atoms in total. The Bertz CT molecular complexity index is 1710. The van der Waals surface area contributed by atoms with Gasteiger partial charge in [0.2, 0.25) is 0 Å². The number of anilines is 1. The van der Waals surface area contributed by atoms with E-state index < -0.39 is 15.9 Å². The van der Waals surface area contributed by atoms with E-state index in [4.69, 9.17) is 52.1 Å². The lowest BCUT2D eigenvalue weighted by atomic mass is 9.98. The van der Waals surface area contributed by atoms with Crippen LogP contribution in [0.1, 0.15) is 17.0 Å². The molecule has 0 bridgehead atoms. The van der Waals surface area contributed by atoms with Crippen LogP contribution < -0.4 is 10.6 Å². The number of hydrogen-bond donors (Lipinski definition) is 2. The molecule has 1 aliphatic rings. The summed E-state index contributed by atoms with van der Waals surface area (Å²) < 4.78 is 60.4.